The number of aromatic nitrogens is 1. The molecule has 1 saturated heterocycles. The van der Waals surface area contributed by atoms with Crippen LogP contribution in [0.4, 0.5) is 5.88 Å². The lowest BCUT2D eigenvalue weighted by atomic mass is 10.1. The number of nitrogens with zero attached hydrogens (tertiary/aromatic N) is 2. The molecule has 0 spiro atoms. The first-order valence-electron chi connectivity index (χ1n) is 5.06. The summed E-state index contributed by atoms with van der Waals surface area (Å²) in [4.78, 5) is 13.2. The quantitative estimate of drug-likeness (QED) is 0.742. The third-order valence-corrected chi connectivity index (χ3v) is 3.03. The van der Waals surface area contributed by atoms with E-state index in [1.807, 2.05) is 13.0 Å². The van der Waals surface area contributed by atoms with Gasteiger partial charge in [-0.05, 0) is 12.3 Å². The molecule has 0 bridgehead atoms. The third-order valence-electron chi connectivity index (χ3n) is 2.60. The minimum absolute atomic E-state index is 0.0689. The van der Waals surface area contributed by atoms with E-state index in [1.165, 1.54) is 0 Å². The van der Waals surface area contributed by atoms with Gasteiger partial charge in [0.1, 0.15) is 0 Å². The van der Waals surface area contributed by atoms with Crippen LogP contribution in [0.2, 0.25) is 0 Å². The van der Waals surface area contributed by atoms with Crippen LogP contribution in [-0.4, -0.2) is 23.5 Å². The summed E-state index contributed by atoms with van der Waals surface area (Å²) in [7, 11) is 0. The van der Waals surface area contributed by atoms with Gasteiger partial charge in [-0.15, -0.1) is 11.6 Å². The molecule has 2 heterocycles. The van der Waals surface area contributed by atoms with Gasteiger partial charge >= 0.3 is 0 Å². The number of aryl methyl sites for hydroxylation is 1. The summed E-state index contributed by atoms with van der Waals surface area (Å²) >= 11 is 5.73. The lowest BCUT2D eigenvalue weighted by Gasteiger charge is -2.10. The van der Waals surface area contributed by atoms with Crippen LogP contribution >= 0.6 is 11.6 Å². The van der Waals surface area contributed by atoms with E-state index < -0.39 is 0 Å². The maximum Gasteiger partial charge on any atom is 0.234 e. The van der Waals surface area contributed by atoms with Gasteiger partial charge in [0, 0.05) is 24.9 Å². The number of rotatable bonds is 3. The second kappa shape index (κ2) is 4.23. The minimum Gasteiger partial charge on any atom is -0.338 e. The average Bonchev–Trinajstić information content (AvgIpc) is 2.83. The molecule has 2 rings (SSSR count). The monoisotopic (exact) mass is 228 g/mol. The molecule has 0 saturated carbocycles. The van der Waals surface area contributed by atoms with Crippen LogP contribution in [0.1, 0.15) is 19.0 Å². The van der Waals surface area contributed by atoms with E-state index in [2.05, 4.69) is 5.16 Å². The standard InChI is InChI=1S/C10H13ClN2O2/c1-2-8-4-10(15-12-8)13-6-7(5-11)3-9(13)14/h4,7H,2-3,5-6H2,1H3. The number of carbonyl (C=O) groups is 1. The molecule has 1 aromatic rings. The molecule has 82 valence electrons. The van der Waals surface area contributed by atoms with Crippen molar-refractivity contribution in [3.63, 3.8) is 0 Å². The fourth-order valence-electron chi connectivity index (χ4n) is 1.69. The topological polar surface area (TPSA) is 46.3 Å². The largest absolute Gasteiger partial charge is 0.338 e. The third kappa shape index (κ3) is 2.00. The van der Waals surface area contributed by atoms with Crippen LogP contribution in [0.25, 0.3) is 0 Å². The first-order valence-corrected chi connectivity index (χ1v) is 5.60. The zero-order valence-corrected chi connectivity index (χ0v) is 9.33. The van der Waals surface area contributed by atoms with E-state index >= 15 is 0 Å². The van der Waals surface area contributed by atoms with Crippen molar-refractivity contribution in [3.8, 4) is 0 Å². The fourth-order valence-corrected chi connectivity index (χ4v) is 1.90. The van der Waals surface area contributed by atoms with Gasteiger partial charge < -0.3 is 4.52 Å². The van der Waals surface area contributed by atoms with Crippen molar-refractivity contribution in [1.29, 1.82) is 0 Å². The maximum absolute atomic E-state index is 11.6. The molecule has 1 atom stereocenters. The lowest BCUT2D eigenvalue weighted by Crippen LogP contribution is -2.24. The van der Waals surface area contributed by atoms with Crippen LogP contribution < -0.4 is 4.90 Å². The summed E-state index contributed by atoms with van der Waals surface area (Å²) in [6.07, 6.45) is 1.32. The minimum atomic E-state index is 0.0689. The summed E-state index contributed by atoms with van der Waals surface area (Å²) in [5.41, 5.74) is 0.868. The SMILES string of the molecule is CCc1cc(N2CC(CCl)CC2=O)on1. The second-order valence-corrected chi connectivity index (χ2v) is 4.05. The summed E-state index contributed by atoms with van der Waals surface area (Å²) in [6, 6.07) is 1.81. The van der Waals surface area contributed by atoms with Crippen molar-refractivity contribution in [3.05, 3.63) is 11.8 Å². The number of halogens is 1. The fraction of sp³-hybridized carbons (Fsp3) is 0.600. The van der Waals surface area contributed by atoms with Crippen molar-refractivity contribution in [2.24, 2.45) is 5.92 Å². The predicted molar refractivity (Wildman–Crippen MR) is 57.1 cm³/mol. The molecule has 1 unspecified atom stereocenters. The van der Waals surface area contributed by atoms with Gasteiger partial charge in [0.15, 0.2) is 0 Å². The molecule has 1 aromatic heterocycles. The maximum atomic E-state index is 11.6. The lowest BCUT2D eigenvalue weighted by molar-refractivity contribution is -0.117. The van der Waals surface area contributed by atoms with Crippen molar-refractivity contribution in [1.82, 2.24) is 5.16 Å². The molecule has 0 N–H and O–H groups in total. The number of hydrogen-bond acceptors (Lipinski definition) is 3. The van der Waals surface area contributed by atoms with Gasteiger partial charge in [-0.25, -0.2) is 0 Å². The van der Waals surface area contributed by atoms with E-state index in [4.69, 9.17) is 16.1 Å². The van der Waals surface area contributed by atoms with E-state index in [0.29, 0.717) is 24.7 Å². The van der Waals surface area contributed by atoms with E-state index in [-0.39, 0.29) is 11.8 Å². The average molecular weight is 229 g/mol. The molecule has 0 aliphatic carbocycles. The Bertz CT molecular complexity index is 364. The van der Waals surface area contributed by atoms with Crippen LogP contribution in [0.3, 0.4) is 0 Å². The molecule has 1 aliphatic rings. The molecular weight excluding hydrogens is 216 g/mol. The first-order chi connectivity index (χ1) is 7.24. The summed E-state index contributed by atoms with van der Waals surface area (Å²) in [5.74, 6) is 1.36. The van der Waals surface area contributed by atoms with Gasteiger partial charge in [0.2, 0.25) is 11.8 Å². The Balaban J connectivity index is 2.14. The first kappa shape index (κ1) is 10.5. The Morgan fingerprint density at radius 2 is 2.53 bits per heavy atom. The van der Waals surface area contributed by atoms with Gasteiger partial charge in [-0.2, -0.15) is 0 Å². The molecule has 4 nitrogen and oxygen atoms in total. The van der Waals surface area contributed by atoms with Crippen LogP contribution in [0.15, 0.2) is 10.6 Å². The highest BCUT2D eigenvalue weighted by Gasteiger charge is 2.32. The van der Waals surface area contributed by atoms with Gasteiger partial charge in [-0.3, -0.25) is 9.69 Å². The van der Waals surface area contributed by atoms with Gasteiger partial charge in [-0.1, -0.05) is 12.1 Å². The van der Waals surface area contributed by atoms with Gasteiger partial charge in [0.05, 0.1) is 5.69 Å². The molecular formula is C10H13ClN2O2. The molecule has 15 heavy (non-hydrogen) atoms. The number of anilines is 1. The van der Waals surface area contributed by atoms with Crippen molar-refractivity contribution >= 4 is 23.4 Å². The van der Waals surface area contributed by atoms with Gasteiger partial charge in [0.25, 0.3) is 0 Å². The Kier molecular flexibility index (Phi) is 2.95. The van der Waals surface area contributed by atoms with E-state index in [0.717, 1.165) is 12.1 Å². The highest BCUT2D eigenvalue weighted by atomic mass is 35.5. The molecule has 0 aromatic carbocycles. The summed E-state index contributed by atoms with van der Waals surface area (Å²) in [6.45, 7) is 2.63. The smallest absolute Gasteiger partial charge is 0.234 e. The zero-order chi connectivity index (χ0) is 10.8. The number of hydrogen-bond donors (Lipinski definition) is 0. The van der Waals surface area contributed by atoms with E-state index in [9.17, 15) is 4.79 Å². The van der Waals surface area contributed by atoms with Crippen LogP contribution in [0, 0.1) is 5.92 Å². The molecule has 0 radical (unpaired) electrons. The highest BCUT2D eigenvalue weighted by molar-refractivity contribution is 6.18. The predicted octanol–water partition coefficient (Wildman–Crippen LogP) is 1.83. The number of amides is 1. The second-order valence-electron chi connectivity index (χ2n) is 3.74. The Morgan fingerprint density at radius 1 is 1.73 bits per heavy atom. The summed E-state index contributed by atoms with van der Waals surface area (Å²) in [5, 5.41) is 3.86. The Labute approximate surface area is 93.2 Å². The van der Waals surface area contributed by atoms with Crippen LogP contribution in [0.5, 0.6) is 0 Å². The van der Waals surface area contributed by atoms with Crippen molar-refractivity contribution in [2.75, 3.05) is 17.3 Å². The Morgan fingerprint density at radius 3 is 3.07 bits per heavy atom. The van der Waals surface area contributed by atoms with Crippen LogP contribution in [-0.2, 0) is 11.2 Å². The number of alkyl halides is 1. The number of carbonyl (C=O) groups excluding carboxylic acids is 1. The summed E-state index contributed by atoms with van der Waals surface area (Å²) < 4.78 is 5.11. The van der Waals surface area contributed by atoms with E-state index in [1.54, 1.807) is 4.90 Å². The zero-order valence-electron chi connectivity index (χ0n) is 8.57. The van der Waals surface area contributed by atoms with Crippen molar-refractivity contribution in [2.45, 2.75) is 19.8 Å². The molecule has 5 heteroatoms. The highest BCUT2D eigenvalue weighted by Crippen LogP contribution is 2.26. The molecule has 1 amide bonds. The normalized spacial score (nSPS) is 21.3. The molecule has 1 aliphatic heterocycles. The van der Waals surface area contributed by atoms with Crippen molar-refractivity contribution < 1.29 is 9.32 Å². The Hall–Kier alpha value is -1.03. The molecule has 1 fully saturated rings.